The average Bonchev–Trinajstić information content (AvgIpc) is 2.71. The van der Waals surface area contributed by atoms with Gasteiger partial charge in [-0.1, -0.05) is 101 Å². The van der Waals surface area contributed by atoms with Gasteiger partial charge in [-0.15, -0.1) is 0 Å². The van der Waals surface area contributed by atoms with Crippen molar-refractivity contribution in [3.8, 4) is 5.75 Å². The van der Waals surface area contributed by atoms with Crippen molar-refractivity contribution < 1.29 is 4.74 Å². The average molecular weight is 365 g/mol. The van der Waals surface area contributed by atoms with Gasteiger partial charge in [-0.05, 0) is 48.1 Å². The van der Waals surface area contributed by atoms with Gasteiger partial charge in [0.1, 0.15) is 12.4 Å². The molecule has 0 bridgehead atoms. The molecule has 0 aliphatic rings. The third-order valence-electron chi connectivity index (χ3n) is 4.89. The molecule has 0 aliphatic carbocycles. The second kappa shape index (κ2) is 13.2. The summed E-state index contributed by atoms with van der Waals surface area (Å²) in [5, 5.41) is 0. The summed E-state index contributed by atoms with van der Waals surface area (Å²) >= 11 is 0. The van der Waals surface area contributed by atoms with Gasteiger partial charge in [0.15, 0.2) is 0 Å². The lowest BCUT2D eigenvalue weighted by Crippen LogP contribution is -1.96. The van der Waals surface area contributed by atoms with Gasteiger partial charge in [0.25, 0.3) is 0 Å². The number of unbranched alkanes of at least 4 members (excludes halogenated alkanes) is 6. The molecule has 0 aliphatic heterocycles. The summed E-state index contributed by atoms with van der Waals surface area (Å²) in [5.74, 6) is 0.929. The number of allylic oxidation sites excluding steroid dienone is 1. The Hall–Kier alpha value is -2.02. The van der Waals surface area contributed by atoms with Crippen LogP contribution in [-0.2, 0) is 13.0 Å². The van der Waals surface area contributed by atoms with Crippen LogP contribution in [0.25, 0.3) is 6.08 Å². The van der Waals surface area contributed by atoms with Crippen LogP contribution in [0, 0.1) is 0 Å². The molecule has 2 aromatic rings. The van der Waals surface area contributed by atoms with E-state index in [9.17, 15) is 0 Å². The summed E-state index contributed by atoms with van der Waals surface area (Å²) in [6.45, 7) is 5.09. The van der Waals surface area contributed by atoms with Crippen LogP contribution in [0.1, 0.15) is 81.9 Å². The van der Waals surface area contributed by atoms with E-state index in [-0.39, 0.29) is 0 Å². The van der Waals surface area contributed by atoms with Gasteiger partial charge in [0, 0.05) is 0 Å². The van der Waals surface area contributed by atoms with Crippen LogP contribution >= 0.6 is 0 Å². The third-order valence-corrected chi connectivity index (χ3v) is 4.89. The van der Waals surface area contributed by atoms with Gasteiger partial charge in [0.05, 0.1) is 0 Å². The first-order valence-corrected chi connectivity index (χ1v) is 10.8. The minimum Gasteiger partial charge on any atom is -0.489 e. The lowest BCUT2D eigenvalue weighted by molar-refractivity contribution is 0.306. The fourth-order valence-corrected chi connectivity index (χ4v) is 3.14. The van der Waals surface area contributed by atoms with Crippen LogP contribution in [0.2, 0.25) is 0 Å². The van der Waals surface area contributed by atoms with E-state index in [0.29, 0.717) is 6.61 Å². The first-order valence-electron chi connectivity index (χ1n) is 10.8. The van der Waals surface area contributed by atoms with Gasteiger partial charge in [-0.25, -0.2) is 0 Å². The van der Waals surface area contributed by atoms with Gasteiger partial charge < -0.3 is 4.74 Å². The lowest BCUT2D eigenvalue weighted by Gasteiger charge is -2.08. The number of benzene rings is 2. The van der Waals surface area contributed by atoms with Crippen LogP contribution in [0.3, 0.4) is 0 Å². The van der Waals surface area contributed by atoms with Gasteiger partial charge in [0.2, 0.25) is 0 Å². The Morgan fingerprint density at radius 1 is 0.704 bits per heavy atom. The van der Waals surface area contributed by atoms with Crippen LogP contribution in [0.5, 0.6) is 5.75 Å². The van der Waals surface area contributed by atoms with E-state index in [1.54, 1.807) is 0 Å². The largest absolute Gasteiger partial charge is 0.489 e. The van der Waals surface area contributed by atoms with Crippen LogP contribution < -0.4 is 4.74 Å². The molecule has 0 unspecified atom stereocenters. The Morgan fingerprint density at radius 3 is 2.07 bits per heavy atom. The highest BCUT2D eigenvalue weighted by molar-refractivity contribution is 5.50. The molecule has 0 saturated heterocycles. The van der Waals surface area contributed by atoms with Crippen LogP contribution in [0.15, 0.2) is 54.6 Å². The molecule has 1 heteroatoms. The van der Waals surface area contributed by atoms with E-state index < -0.39 is 0 Å². The van der Waals surface area contributed by atoms with Gasteiger partial charge >= 0.3 is 0 Å². The summed E-state index contributed by atoms with van der Waals surface area (Å²) in [5.41, 5.74) is 3.90. The zero-order chi connectivity index (χ0) is 19.2. The molecule has 0 N–H and O–H groups in total. The molecule has 0 fully saturated rings. The van der Waals surface area contributed by atoms with E-state index in [1.807, 2.05) is 0 Å². The molecule has 2 rings (SSSR count). The van der Waals surface area contributed by atoms with Crippen LogP contribution in [-0.4, -0.2) is 0 Å². The van der Waals surface area contributed by atoms with Crippen molar-refractivity contribution in [1.82, 2.24) is 0 Å². The zero-order valence-electron chi connectivity index (χ0n) is 17.3. The number of hydrogen-bond donors (Lipinski definition) is 0. The zero-order valence-corrected chi connectivity index (χ0v) is 17.3. The molecule has 0 heterocycles. The quantitative estimate of drug-likeness (QED) is 0.327. The maximum absolute atomic E-state index is 5.92. The number of aryl methyl sites for hydroxylation is 1. The van der Waals surface area contributed by atoms with Crippen molar-refractivity contribution in [2.75, 3.05) is 0 Å². The van der Waals surface area contributed by atoms with Crippen molar-refractivity contribution in [1.29, 1.82) is 0 Å². The molecule has 27 heavy (non-hydrogen) atoms. The molecule has 0 aromatic heterocycles. The first-order chi connectivity index (χ1) is 13.3. The monoisotopic (exact) mass is 364 g/mol. The molecular weight excluding hydrogens is 328 g/mol. The fraction of sp³-hybridized carbons (Fsp3) is 0.462. The molecule has 2 aromatic carbocycles. The molecule has 0 radical (unpaired) electrons. The van der Waals surface area contributed by atoms with Gasteiger partial charge in [-0.3, -0.25) is 0 Å². The highest BCUT2D eigenvalue weighted by Gasteiger charge is 1.99. The minimum atomic E-state index is 0.627. The Morgan fingerprint density at radius 2 is 1.37 bits per heavy atom. The molecule has 1 nitrogen and oxygen atoms in total. The Labute approximate surface area is 166 Å². The van der Waals surface area contributed by atoms with Crippen molar-refractivity contribution in [3.63, 3.8) is 0 Å². The fourth-order valence-electron chi connectivity index (χ4n) is 3.14. The van der Waals surface area contributed by atoms with E-state index in [2.05, 4.69) is 74.5 Å². The smallest absolute Gasteiger partial charge is 0.119 e. The summed E-state index contributed by atoms with van der Waals surface area (Å²) < 4.78 is 5.92. The van der Waals surface area contributed by atoms with E-state index >= 15 is 0 Å². The summed E-state index contributed by atoms with van der Waals surface area (Å²) in [6, 6.07) is 17.3. The molecule has 0 amide bonds. The number of ether oxygens (including phenoxy) is 1. The summed E-state index contributed by atoms with van der Waals surface area (Å²) in [6.07, 6.45) is 16.1. The van der Waals surface area contributed by atoms with Gasteiger partial charge in [-0.2, -0.15) is 0 Å². The maximum Gasteiger partial charge on any atom is 0.119 e. The highest BCUT2D eigenvalue weighted by atomic mass is 16.5. The Bertz CT molecular complexity index is 637. The normalized spacial score (nSPS) is 11.2. The lowest BCUT2D eigenvalue weighted by atomic mass is 10.0. The maximum atomic E-state index is 5.92. The predicted molar refractivity (Wildman–Crippen MR) is 118 cm³/mol. The third kappa shape index (κ3) is 8.95. The van der Waals surface area contributed by atoms with Crippen molar-refractivity contribution >= 4 is 6.08 Å². The van der Waals surface area contributed by atoms with E-state index in [4.69, 9.17) is 4.74 Å². The SMILES string of the molecule is CCCC=Cc1ccc(OCc2ccc(CCCCCCCC)cc2)cc1. The highest BCUT2D eigenvalue weighted by Crippen LogP contribution is 2.16. The first kappa shape index (κ1) is 21.3. The summed E-state index contributed by atoms with van der Waals surface area (Å²) in [4.78, 5) is 0. The molecule has 0 spiro atoms. The van der Waals surface area contributed by atoms with E-state index in [1.165, 1.54) is 68.1 Å². The standard InChI is InChI=1S/C26H36O/c1-3-5-7-8-9-11-13-23-14-16-25(17-15-23)22-27-26-20-18-24(19-21-26)12-10-6-4-2/h10,12,14-21H,3-9,11,13,22H2,1-2H3. The van der Waals surface area contributed by atoms with E-state index in [0.717, 1.165) is 12.2 Å². The van der Waals surface area contributed by atoms with Crippen LogP contribution in [0.4, 0.5) is 0 Å². The second-order valence-electron chi connectivity index (χ2n) is 7.38. The Kier molecular flexibility index (Phi) is 10.4. The Balaban J connectivity index is 1.70. The molecule has 0 saturated carbocycles. The number of hydrogen-bond acceptors (Lipinski definition) is 1. The summed E-state index contributed by atoms with van der Waals surface area (Å²) in [7, 11) is 0. The molecular formula is C26H36O. The number of rotatable bonds is 13. The van der Waals surface area contributed by atoms with Crippen molar-refractivity contribution in [2.45, 2.75) is 78.2 Å². The topological polar surface area (TPSA) is 9.23 Å². The second-order valence-corrected chi connectivity index (χ2v) is 7.38. The molecule has 146 valence electrons. The predicted octanol–water partition coefficient (Wildman–Crippen LogP) is 7.98. The minimum absolute atomic E-state index is 0.627. The van der Waals surface area contributed by atoms with Crippen molar-refractivity contribution in [2.24, 2.45) is 0 Å². The van der Waals surface area contributed by atoms with Crippen molar-refractivity contribution in [3.05, 3.63) is 71.3 Å². The molecule has 0 atom stereocenters.